The largest absolute Gasteiger partial charge is 0.462 e. The van der Waals surface area contributed by atoms with Crippen molar-refractivity contribution in [3.63, 3.8) is 0 Å². The minimum absolute atomic E-state index is 0.0730. The van der Waals surface area contributed by atoms with Gasteiger partial charge in [0, 0.05) is 19.3 Å². The Hall–Kier alpha value is -2.37. The summed E-state index contributed by atoms with van der Waals surface area (Å²) in [6, 6.07) is 0. The molecular weight excluding hydrogens is 973 g/mol. The van der Waals surface area contributed by atoms with Crippen molar-refractivity contribution in [2.45, 2.75) is 399 Å². The molecule has 6 nitrogen and oxygen atoms in total. The van der Waals surface area contributed by atoms with Gasteiger partial charge in [0.1, 0.15) is 13.2 Å². The number of rotatable bonds is 66. The molecule has 0 fully saturated rings. The highest BCUT2D eigenvalue weighted by atomic mass is 16.6. The number of carbonyl (C=O) groups excluding carboxylic acids is 3. The van der Waals surface area contributed by atoms with E-state index in [1.165, 1.54) is 270 Å². The third-order valence-corrected chi connectivity index (χ3v) is 16.1. The van der Waals surface area contributed by atoms with Crippen LogP contribution >= 0.6 is 0 Å². The minimum Gasteiger partial charge on any atom is -0.462 e. The Balaban J connectivity index is 4.17. The van der Waals surface area contributed by atoms with Crippen LogP contribution in [0.5, 0.6) is 0 Å². The van der Waals surface area contributed by atoms with Crippen LogP contribution in [0.3, 0.4) is 0 Å². The van der Waals surface area contributed by atoms with Gasteiger partial charge < -0.3 is 14.2 Å². The summed E-state index contributed by atoms with van der Waals surface area (Å²) in [5, 5.41) is 0. The van der Waals surface area contributed by atoms with Gasteiger partial charge in [0.2, 0.25) is 0 Å². The van der Waals surface area contributed by atoms with E-state index in [2.05, 4.69) is 57.2 Å². The summed E-state index contributed by atoms with van der Waals surface area (Å²) in [5.74, 6) is -0.864. The van der Waals surface area contributed by atoms with Crippen LogP contribution in [0.4, 0.5) is 0 Å². The van der Waals surface area contributed by atoms with Crippen LogP contribution in [0.15, 0.2) is 36.5 Å². The number of unbranched alkanes of at least 4 members (excludes halogenated alkanes) is 49. The van der Waals surface area contributed by atoms with Crippen LogP contribution in [0, 0.1) is 0 Å². The molecule has 0 aromatic heterocycles. The lowest BCUT2D eigenvalue weighted by molar-refractivity contribution is -0.167. The lowest BCUT2D eigenvalue weighted by Crippen LogP contribution is -2.30. The molecule has 0 rings (SSSR count). The van der Waals surface area contributed by atoms with E-state index in [0.717, 1.165) is 83.5 Å². The number of hydrogen-bond acceptors (Lipinski definition) is 6. The molecule has 0 aliphatic carbocycles. The average Bonchev–Trinajstić information content (AvgIpc) is 3.45. The number of hydrogen-bond donors (Lipinski definition) is 0. The second-order valence-corrected chi connectivity index (χ2v) is 24.1. The van der Waals surface area contributed by atoms with Crippen LogP contribution in [-0.2, 0) is 28.6 Å². The van der Waals surface area contributed by atoms with Gasteiger partial charge >= 0.3 is 17.9 Å². The van der Waals surface area contributed by atoms with Crippen molar-refractivity contribution < 1.29 is 28.6 Å². The fourth-order valence-corrected chi connectivity index (χ4v) is 10.8. The van der Waals surface area contributed by atoms with Crippen molar-refractivity contribution in [2.24, 2.45) is 0 Å². The number of ether oxygens (including phenoxy) is 3. The summed E-state index contributed by atoms with van der Waals surface area (Å²) < 4.78 is 17.0. The molecule has 0 aliphatic rings. The van der Waals surface area contributed by atoms with E-state index in [-0.39, 0.29) is 31.1 Å². The molecule has 0 amide bonds. The summed E-state index contributed by atoms with van der Waals surface area (Å²) in [4.78, 5) is 38.4. The Bertz CT molecular complexity index is 1320. The molecule has 1 atom stereocenters. The maximum atomic E-state index is 12.9. The predicted octanol–water partition coefficient (Wildman–Crippen LogP) is 24.3. The monoisotopic (exact) mass is 1110 g/mol. The highest BCUT2D eigenvalue weighted by molar-refractivity contribution is 5.71. The lowest BCUT2D eigenvalue weighted by atomic mass is 10.0. The standard InChI is InChI=1S/C73H136O6/c1-4-7-10-13-16-19-22-25-27-29-31-32-33-34-35-36-37-38-39-40-42-43-45-48-51-54-57-60-63-66-72(75)78-69-70(68-77-71(74)65-62-59-56-53-50-47-24-21-18-15-12-9-6-3)79-73(76)67-64-61-58-55-52-49-46-44-41-30-28-26-23-20-17-14-11-8-5-2/h12,15,21,24,26,28,70H,4-11,13-14,16-20,22-23,25,27,29-69H2,1-3H3/b15-12-,24-21-,28-26-. The van der Waals surface area contributed by atoms with Gasteiger partial charge in [-0.25, -0.2) is 0 Å². The molecule has 0 aliphatic heterocycles. The SMILES string of the molecule is CCC/C=C\C/C=C\CCCCCCCC(=O)OCC(COC(=O)CCCCCCCCCCCCCCCCCCCCCCCCCCCCCCC)OC(=O)CCCCCCCCCCC/C=C\CCCCCCCC. The number of carbonyl (C=O) groups is 3. The van der Waals surface area contributed by atoms with Crippen molar-refractivity contribution in [3.8, 4) is 0 Å². The molecule has 0 heterocycles. The second kappa shape index (κ2) is 68.1. The summed E-state index contributed by atoms with van der Waals surface area (Å²) in [6.45, 7) is 6.63. The van der Waals surface area contributed by atoms with Crippen molar-refractivity contribution in [1.29, 1.82) is 0 Å². The third-order valence-electron chi connectivity index (χ3n) is 16.1. The van der Waals surface area contributed by atoms with Gasteiger partial charge in [-0.1, -0.05) is 340 Å². The summed E-state index contributed by atoms with van der Waals surface area (Å²) in [5.41, 5.74) is 0. The van der Waals surface area contributed by atoms with E-state index < -0.39 is 6.10 Å². The molecule has 1 unspecified atom stereocenters. The molecule has 0 bridgehead atoms. The quantitative estimate of drug-likeness (QED) is 0.0261. The van der Waals surface area contributed by atoms with Crippen LogP contribution in [0.2, 0.25) is 0 Å². The van der Waals surface area contributed by atoms with Gasteiger partial charge in [-0.2, -0.15) is 0 Å². The number of allylic oxidation sites excluding steroid dienone is 6. The molecule has 0 radical (unpaired) electrons. The minimum atomic E-state index is -0.778. The zero-order chi connectivity index (χ0) is 57.1. The van der Waals surface area contributed by atoms with Crippen LogP contribution in [0.25, 0.3) is 0 Å². The van der Waals surface area contributed by atoms with Gasteiger partial charge in [0.05, 0.1) is 0 Å². The van der Waals surface area contributed by atoms with Gasteiger partial charge in [-0.3, -0.25) is 14.4 Å². The van der Waals surface area contributed by atoms with Crippen LogP contribution in [0.1, 0.15) is 393 Å². The second-order valence-electron chi connectivity index (χ2n) is 24.1. The van der Waals surface area contributed by atoms with Crippen molar-refractivity contribution in [1.82, 2.24) is 0 Å². The normalized spacial score (nSPS) is 12.2. The topological polar surface area (TPSA) is 78.9 Å². The Labute approximate surface area is 493 Å². The summed E-state index contributed by atoms with van der Waals surface area (Å²) in [7, 11) is 0. The fourth-order valence-electron chi connectivity index (χ4n) is 10.8. The molecule has 0 N–H and O–H groups in total. The fraction of sp³-hybridized carbons (Fsp3) is 0.877. The third kappa shape index (κ3) is 66.3. The Morgan fingerprint density at radius 1 is 0.253 bits per heavy atom. The van der Waals surface area contributed by atoms with Crippen molar-refractivity contribution in [3.05, 3.63) is 36.5 Å². The predicted molar refractivity (Wildman–Crippen MR) is 344 cm³/mol. The Morgan fingerprint density at radius 2 is 0.481 bits per heavy atom. The van der Waals surface area contributed by atoms with Gasteiger partial charge in [0.25, 0.3) is 0 Å². The highest BCUT2D eigenvalue weighted by Crippen LogP contribution is 2.19. The van der Waals surface area contributed by atoms with Gasteiger partial charge in [0.15, 0.2) is 6.10 Å². The first-order chi connectivity index (χ1) is 39.0. The maximum absolute atomic E-state index is 12.9. The first-order valence-electron chi connectivity index (χ1n) is 35.5. The van der Waals surface area contributed by atoms with Gasteiger partial charge in [-0.15, -0.1) is 0 Å². The van der Waals surface area contributed by atoms with Gasteiger partial charge in [-0.05, 0) is 70.6 Å². The maximum Gasteiger partial charge on any atom is 0.306 e. The van der Waals surface area contributed by atoms with Crippen molar-refractivity contribution in [2.75, 3.05) is 13.2 Å². The number of esters is 3. The van der Waals surface area contributed by atoms with E-state index in [4.69, 9.17) is 14.2 Å². The summed E-state index contributed by atoms with van der Waals surface area (Å²) in [6.07, 6.45) is 84.7. The van der Waals surface area contributed by atoms with Crippen molar-refractivity contribution >= 4 is 17.9 Å². The summed E-state index contributed by atoms with van der Waals surface area (Å²) >= 11 is 0. The molecular formula is C73H136O6. The van der Waals surface area contributed by atoms with Crippen LogP contribution in [-0.4, -0.2) is 37.2 Å². The molecule has 0 aromatic rings. The Morgan fingerprint density at radius 3 is 0.759 bits per heavy atom. The van der Waals surface area contributed by atoms with E-state index in [0.29, 0.717) is 19.3 Å². The van der Waals surface area contributed by atoms with E-state index >= 15 is 0 Å². The molecule has 79 heavy (non-hydrogen) atoms. The smallest absolute Gasteiger partial charge is 0.306 e. The molecule has 0 saturated carbocycles. The zero-order valence-corrected chi connectivity index (χ0v) is 53.4. The molecule has 464 valence electrons. The highest BCUT2D eigenvalue weighted by Gasteiger charge is 2.19. The first kappa shape index (κ1) is 76.6. The molecule has 0 spiro atoms. The van der Waals surface area contributed by atoms with E-state index in [1.807, 2.05) is 0 Å². The average molecular weight is 1110 g/mol. The zero-order valence-electron chi connectivity index (χ0n) is 53.4. The Kier molecular flexibility index (Phi) is 66.1. The molecule has 0 saturated heterocycles. The van der Waals surface area contributed by atoms with E-state index in [9.17, 15) is 14.4 Å². The molecule has 6 heteroatoms. The van der Waals surface area contributed by atoms with Crippen LogP contribution < -0.4 is 0 Å². The lowest BCUT2D eigenvalue weighted by Gasteiger charge is -2.18. The first-order valence-corrected chi connectivity index (χ1v) is 35.5. The molecule has 0 aromatic carbocycles. The van der Waals surface area contributed by atoms with E-state index in [1.54, 1.807) is 0 Å².